The minimum atomic E-state index is -0.0923. The summed E-state index contributed by atoms with van der Waals surface area (Å²) in [6.45, 7) is 6.12. The van der Waals surface area contributed by atoms with Gasteiger partial charge in [0.15, 0.2) is 0 Å². The molecular weight excluding hydrogens is 306 g/mol. The molecule has 0 heterocycles. The minimum Gasteiger partial charge on any atom is -0.496 e. The summed E-state index contributed by atoms with van der Waals surface area (Å²) in [7, 11) is 1.66. The molecule has 2 rings (SSSR count). The second kappa shape index (κ2) is 7.55. The third-order valence-electron chi connectivity index (χ3n) is 3.77. The van der Waals surface area contributed by atoms with Gasteiger partial charge in [-0.15, -0.1) is 11.8 Å². The van der Waals surface area contributed by atoms with Crippen LogP contribution >= 0.6 is 11.8 Å². The first-order chi connectivity index (χ1) is 11.0. The van der Waals surface area contributed by atoms with Crippen LogP contribution in [0.25, 0.3) is 0 Å². The van der Waals surface area contributed by atoms with Crippen molar-refractivity contribution in [3.05, 3.63) is 53.1 Å². The number of benzene rings is 2. The van der Waals surface area contributed by atoms with Crippen LogP contribution in [0.15, 0.2) is 41.3 Å². The van der Waals surface area contributed by atoms with Gasteiger partial charge in [-0.25, -0.2) is 0 Å². The molecule has 0 spiro atoms. The monoisotopic (exact) mass is 329 g/mol. The molecule has 0 aliphatic heterocycles. The average molecular weight is 329 g/mol. The Labute approximate surface area is 142 Å². The summed E-state index contributed by atoms with van der Waals surface area (Å²) in [5.74, 6) is 1.03. The zero-order chi connectivity index (χ0) is 17.0. The van der Waals surface area contributed by atoms with Gasteiger partial charge < -0.3 is 10.1 Å². The third kappa shape index (κ3) is 4.08. The van der Waals surface area contributed by atoms with Crippen LogP contribution in [0.2, 0.25) is 0 Å². The molecule has 0 unspecified atom stereocenters. The fourth-order valence-electron chi connectivity index (χ4n) is 2.47. The number of methoxy groups -OCH3 is 1. The summed E-state index contributed by atoms with van der Waals surface area (Å²) in [5, 5.41) is 2.98. The molecule has 1 amide bonds. The number of anilines is 1. The van der Waals surface area contributed by atoms with Gasteiger partial charge in [0, 0.05) is 16.1 Å². The van der Waals surface area contributed by atoms with Gasteiger partial charge in [-0.3, -0.25) is 4.79 Å². The quantitative estimate of drug-likeness (QED) is 0.775. The Kier molecular flexibility index (Phi) is 5.72. The smallest absolute Gasteiger partial charge is 0.255 e. The van der Waals surface area contributed by atoms with Crippen molar-refractivity contribution in [2.24, 2.45) is 0 Å². The maximum Gasteiger partial charge on any atom is 0.255 e. The van der Waals surface area contributed by atoms with E-state index in [0.29, 0.717) is 5.56 Å². The number of rotatable bonds is 5. The highest BCUT2D eigenvalue weighted by Crippen LogP contribution is 2.30. The van der Waals surface area contributed by atoms with E-state index in [1.807, 2.05) is 49.6 Å². The zero-order valence-corrected chi connectivity index (χ0v) is 15.1. The lowest BCUT2D eigenvalue weighted by Gasteiger charge is -2.16. The first-order valence-electron chi connectivity index (χ1n) is 7.60. The largest absolute Gasteiger partial charge is 0.496 e. The summed E-state index contributed by atoms with van der Waals surface area (Å²) in [6, 6.07) is 11.7. The lowest BCUT2D eigenvalue weighted by Crippen LogP contribution is -2.14. The Hall–Kier alpha value is -1.94. The van der Waals surface area contributed by atoms with Crippen LogP contribution in [-0.2, 0) is 0 Å². The van der Waals surface area contributed by atoms with E-state index in [0.717, 1.165) is 27.5 Å². The van der Waals surface area contributed by atoms with E-state index in [2.05, 4.69) is 19.2 Å². The number of ether oxygens (including phenoxy) is 1. The van der Waals surface area contributed by atoms with Crippen LogP contribution in [0.3, 0.4) is 0 Å². The van der Waals surface area contributed by atoms with Crippen LogP contribution in [0.4, 0.5) is 5.69 Å². The maximum absolute atomic E-state index is 12.7. The van der Waals surface area contributed by atoms with Gasteiger partial charge in [0.2, 0.25) is 0 Å². The molecule has 2 aromatic carbocycles. The van der Waals surface area contributed by atoms with Crippen LogP contribution < -0.4 is 10.1 Å². The summed E-state index contributed by atoms with van der Waals surface area (Å²) >= 11 is 1.65. The van der Waals surface area contributed by atoms with E-state index in [9.17, 15) is 4.79 Å². The number of nitrogens with one attached hydrogen (secondary N) is 1. The predicted molar refractivity (Wildman–Crippen MR) is 98.0 cm³/mol. The van der Waals surface area contributed by atoms with Crippen molar-refractivity contribution < 1.29 is 9.53 Å². The summed E-state index contributed by atoms with van der Waals surface area (Å²) < 4.78 is 5.44. The summed E-state index contributed by atoms with van der Waals surface area (Å²) in [6.07, 6.45) is 2.02. The maximum atomic E-state index is 12.7. The molecule has 122 valence electrons. The standard InChI is InChI=1S/C19H23NO2S/c1-12(2)16-11-17(13(3)9-18(16)22-4)19(21)20-14-7-6-8-15(10-14)23-5/h6-12H,1-5H3,(H,20,21). The van der Waals surface area contributed by atoms with E-state index in [1.165, 1.54) is 0 Å². The fourth-order valence-corrected chi connectivity index (χ4v) is 2.93. The Balaban J connectivity index is 2.33. The van der Waals surface area contributed by atoms with Gasteiger partial charge in [0.05, 0.1) is 7.11 Å². The second-order valence-electron chi connectivity index (χ2n) is 5.75. The van der Waals surface area contributed by atoms with Gasteiger partial charge in [0.25, 0.3) is 5.91 Å². The van der Waals surface area contributed by atoms with Gasteiger partial charge in [0.1, 0.15) is 5.75 Å². The summed E-state index contributed by atoms with van der Waals surface area (Å²) in [4.78, 5) is 13.8. The number of thioether (sulfide) groups is 1. The molecule has 4 heteroatoms. The number of amides is 1. The van der Waals surface area contributed by atoms with Crippen LogP contribution in [0, 0.1) is 6.92 Å². The van der Waals surface area contributed by atoms with Crippen molar-refractivity contribution in [3.63, 3.8) is 0 Å². The molecule has 0 bridgehead atoms. The Morgan fingerprint density at radius 1 is 1.22 bits per heavy atom. The molecule has 2 aromatic rings. The van der Waals surface area contributed by atoms with Crippen molar-refractivity contribution in [2.75, 3.05) is 18.7 Å². The molecule has 0 radical (unpaired) electrons. The van der Waals surface area contributed by atoms with Crippen LogP contribution in [-0.4, -0.2) is 19.3 Å². The highest BCUT2D eigenvalue weighted by atomic mass is 32.2. The van der Waals surface area contributed by atoms with Crippen molar-refractivity contribution in [1.82, 2.24) is 0 Å². The van der Waals surface area contributed by atoms with E-state index >= 15 is 0 Å². The Bertz CT molecular complexity index is 711. The molecule has 0 saturated heterocycles. The summed E-state index contributed by atoms with van der Waals surface area (Å²) in [5.41, 5.74) is 3.44. The number of hydrogen-bond acceptors (Lipinski definition) is 3. The lowest BCUT2D eigenvalue weighted by molar-refractivity contribution is 0.102. The van der Waals surface area contributed by atoms with E-state index < -0.39 is 0 Å². The molecule has 3 nitrogen and oxygen atoms in total. The predicted octanol–water partition coefficient (Wildman–Crippen LogP) is 5.10. The SMILES string of the molecule is COc1cc(C)c(C(=O)Nc2cccc(SC)c2)cc1C(C)C. The van der Waals surface area contributed by atoms with Crippen molar-refractivity contribution in [3.8, 4) is 5.75 Å². The number of aryl methyl sites for hydroxylation is 1. The average Bonchev–Trinajstić information content (AvgIpc) is 2.54. The third-order valence-corrected chi connectivity index (χ3v) is 4.50. The van der Waals surface area contributed by atoms with Gasteiger partial charge in [-0.2, -0.15) is 0 Å². The molecule has 0 aromatic heterocycles. The molecule has 23 heavy (non-hydrogen) atoms. The van der Waals surface area contributed by atoms with Gasteiger partial charge in [-0.05, 0) is 60.6 Å². The molecule has 1 N–H and O–H groups in total. The minimum absolute atomic E-state index is 0.0923. The van der Waals surface area contributed by atoms with E-state index in [4.69, 9.17) is 4.74 Å². The normalized spacial score (nSPS) is 10.7. The Morgan fingerprint density at radius 2 is 1.96 bits per heavy atom. The van der Waals surface area contributed by atoms with Crippen LogP contribution in [0.5, 0.6) is 5.75 Å². The molecule has 0 saturated carbocycles. The highest BCUT2D eigenvalue weighted by Gasteiger charge is 2.16. The number of hydrogen-bond donors (Lipinski definition) is 1. The topological polar surface area (TPSA) is 38.3 Å². The molecule has 0 atom stereocenters. The first-order valence-corrected chi connectivity index (χ1v) is 8.82. The molecule has 0 aliphatic rings. The van der Waals surface area contributed by atoms with Crippen molar-refractivity contribution in [2.45, 2.75) is 31.6 Å². The lowest BCUT2D eigenvalue weighted by atomic mass is 9.96. The molecule has 0 fully saturated rings. The highest BCUT2D eigenvalue weighted by molar-refractivity contribution is 7.98. The van der Waals surface area contributed by atoms with E-state index in [1.54, 1.807) is 18.9 Å². The molecule has 0 aliphatic carbocycles. The number of carbonyl (C=O) groups is 1. The van der Waals surface area contributed by atoms with Crippen molar-refractivity contribution in [1.29, 1.82) is 0 Å². The van der Waals surface area contributed by atoms with Crippen LogP contribution in [0.1, 0.15) is 41.3 Å². The first kappa shape index (κ1) is 17.4. The number of carbonyl (C=O) groups excluding carboxylic acids is 1. The van der Waals surface area contributed by atoms with E-state index in [-0.39, 0.29) is 11.8 Å². The van der Waals surface area contributed by atoms with Gasteiger partial charge >= 0.3 is 0 Å². The Morgan fingerprint density at radius 3 is 2.57 bits per heavy atom. The van der Waals surface area contributed by atoms with Crippen molar-refractivity contribution >= 4 is 23.4 Å². The van der Waals surface area contributed by atoms with Gasteiger partial charge in [-0.1, -0.05) is 19.9 Å². The molecular formula is C19H23NO2S. The zero-order valence-electron chi connectivity index (χ0n) is 14.3. The second-order valence-corrected chi connectivity index (χ2v) is 6.63. The fraction of sp³-hybridized carbons (Fsp3) is 0.316.